The highest BCUT2D eigenvalue weighted by Gasteiger charge is 2.29. The monoisotopic (exact) mass is 295 g/mol. The Kier molecular flexibility index (Phi) is 5.42. The fourth-order valence-corrected chi connectivity index (χ4v) is 2.08. The second-order valence-electron chi connectivity index (χ2n) is 3.05. The molecule has 3 N–H and O–H groups in total. The van der Waals surface area contributed by atoms with E-state index in [0.717, 1.165) is 23.5 Å². The fraction of sp³-hybridized carbons (Fsp3) is 0.400. The lowest BCUT2D eigenvalue weighted by Gasteiger charge is -2.28. The predicted octanol–water partition coefficient (Wildman–Crippen LogP) is 3.28. The van der Waals surface area contributed by atoms with E-state index in [0.29, 0.717) is 0 Å². The van der Waals surface area contributed by atoms with Gasteiger partial charge in [0.05, 0.1) is 19.6 Å². The van der Waals surface area contributed by atoms with Crippen LogP contribution in [-0.4, -0.2) is 14.2 Å². The molecular weight excluding hydrogens is 281 g/mol. The van der Waals surface area contributed by atoms with Crippen molar-refractivity contribution in [3.8, 4) is 11.5 Å². The molecule has 1 atom stereocenters. The average Bonchev–Trinajstić information content (AvgIpc) is 2.15. The standard InChI is InChI=1S/C10H11ClO2.BrH.H3N/c1-12-8-4-3-6-5-7(11)9(6)10(8)13-2;;/h3-4,7H,5H2,1-2H3;1H;1H3. The predicted molar refractivity (Wildman–Crippen MR) is 67.2 cm³/mol. The molecule has 1 aromatic rings. The van der Waals surface area contributed by atoms with Gasteiger partial charge in [-0.3, -0.25) is 0 Å². The highest BCUT2D eigenvalue weighted by molar-refractivity contribution is 8.93. The third-order valence-corrected chi connectivity index (χ3v) is 2.76. The first kappa shape index (κ1) is 14.6. The van der Waals surface area contributed by atoms with E-state index in [1.165, 1.54) is 5.56 Å². The van der Waals surface area contributed by atoms with Crippen LogP contribution in [0.15, 0.2) is 12.1 Å². The third-order valence-electron chi connectivity index (χ3n) is 2.39. The van der Waals surface area contributed by atoms with E-state index in [1.54, 1.807) is 14.2 Å². The molecule has 0 aromatic heterocycles. The van der Waals surface area contributed by atoms with Gasteiger partial charge in [-0.1, -0.05) is 6.07 Å². The molecule has 0 radical (unpaired) electrons. The van der Waals surface area contributed by atoms with Crippen LogP contribution in [0.2, 0.25) is 0 Å². The highest BCUT2D eigenvalue weighted by Crippen LogP contribution is 2.48. The molecule has 0 saturated carbocycles. The van der Waals surface area contributed by atoms with Crippen molar-refractivity contribution < 1.29 is 9.47 Å². The molecule has 0 spiro atoms. The lowest BCUT2D eigenvalue weighted by atomic mass is 9.87. The van der Waals surface area contributed by atoms with Crippen molar-refractivity contribution in [3.05, 3.63) is 23.3 Å². The summed E-state index contributed by atoms with van der Waals surface area (Å²) >= 11 is 6.06. The first-order valence-corrected chi connectivity index (χ1v) is 4.59. The zero-order valence-electron chi connectivity index (χ0n) is 8.75. The van der Waals surface area contributed by atoms with Gasteiger partial charge in [0.1, 0.15) is 0 Å². The normalized spacial score (nSPS) is 16.3. The van der Waals surface area contributed by atoms with Gasteiger partial charge in [0.25, 0.3) is 0 Å². The molecule has 0 bridgehead atoms. The molecule has 0 aliphatic heterocycles. The number of methoxy groups -OCH3 is 2. The molecule has 0 saturated heterocycles. The van der Waals surface area contributed by atoms with E-state index in [2.05, 4.69) is 0 Å². The molecule has 1 aliphatic rings. The van der Waals surface area contributed by atoms with Crippen LogP contribution in [0.25, 0.3) is 0 Å². The van der Waals surface area contributed by atoms with Crippen molar-refractivity contribution in [1.82, 2.24) is 6.15 Å². The summed E-state index contributed by atoms with van der Waals surface area (Å²) in [6.45, 7) is 0. The van der Waals surface area contributed by atoms with Crippen LogP contribution in [0.3, 0.4) is 0 Å². The second kappa shape index (κ2) is 5.58. The summed E-state index contributed by atoms with van der Waals surface area (Å²) in [4.78, 5) is 0. The molecule has 5 heteroatoms. The van der Waals surface area contributed by atoms with E-state index in [4.69, 9.17) is 21.1 Å². The lowest BCUT2D eigenvalue weighted by molar-refractivity contribution is 0.348. The molecule has 0 heterocycles. The largest absolute Gasteiger partial charge is 0.493 e. The summed E-state index contributed by atoms with van der Waals surface area (Å²) in [5.41, 5.74) is 2.35. The number of fused-ring (bicyclic) bond motifs is 1. The summed E-state index contributed by atoms with van der Waals surface area (Å²) in [5.74, 6) is 1.54. The topological polar surface area (TPSA) is 53.5 Å². The number of alkyl halides is 1. The van der Waals surface area contributed by atoms with Gasteiger partial charge in [-0.25, -0.2) is 0 Å². The number of hydrogen-bond acceptors (Lipinski definition) is 3. The number of benzene rings is 1. The van der Waals surface area contributed by atoms with Gasteiger partial charge in [0, 0.05) is 5.56 Å². The van der Waals surface area contributed by atoms with Crippen molar-refractivity contribution in [2.75, 3.05) is 14.2 Å². The van der Waals surface area contributed by atoms with Gasteiger partial charge >= 0.3 is 0 Å². The molecule has 0 fully saturated rings. The summed E-state index contributed by atoms with van der Waals surface area (Å²) in [7, 11) is 3.27. The van der Waals surface area contributed by atoms with Crippen molar-refractivity contribution in [1.29, 1.82) is 0 Å². The maximum atomic E-state index is 6.06. The summed E-state index contributed by atoms with van der Waals surface area (Å²) in [6, 6.07) is 3.95. The van der Waals surface area contributed by atoms with E-state index in [1.807, 2.05) is 12.1 Å². The smallest absolute Gasteiger partial charge is 0.165 e. The van der Waals surface area contributed by atoms with E-state index in [9.17, 15) is 0 Å². The summed E-state index contributed by atoms with van der Waals surface area (Å²) < 4.78 is 10.4. The van der Waals surface area contributed by atoms with Gasteiger partial charge in [0.15, 0.2) is 11.5 Å². The van der Waals surface area contributed by atoms with Crippen LogP contribution in [0.1, 0.15) is 16.5 Å². The minimum atomic E-state index is 0. The van der Waals surface area contributed by atoms with Crippen molar-refractivity contribution in [3.63, 3.8) is 0 Å². The Hall–Kier alpha value is -0.450. The lowest BCUT2D eigenvalue weighted by Crippen LogP contribution is -2.14. The molecular formula is C10H15BrClNO2. The minimum Gasteiger partial charge on any atom is -0.493 e. The summed E-state index contributed by atoms with van der Waals surface area (Å²) in [5, 5.41) is 0.0834. The Morgan fingerprint density at radius 2 is 1.93 bits per heavy atom. The molecule has 1 unspecified atom stereocenters. The van der Waals surface area contributed by atoms with E-state index in [-0.39, 0.29) is 28.5 Å². The molecule has 1 aromatic carbocycles. The fourth-order valence-electron chi connectivity index (χ4n) is 1.68. The van der Waals surface area contributed by atoms with Gasteiger partial charge in [-0.05, 0) is 18.1 Å². The Bertz CT molecular complexity index is 346. The Balaban J connectivity index is 0.000000980. The first-order chi connectivity index (χ1) is 6.27. The maximum absolute atomic E-state index is 6.06. The van der Waals surface area contributed by atoms with Crippen LogP contribution in [-0.2, 0) is 6.42 Å². The van der Waals surface area contributed by atoms with Crippen LogP contribution in [0.5, 0.6) is 11.5 Å². The minimum absolute atomic E-state index is 0. The zero-order valence-corrected chi connectivity index (χ0v) is 11.2. The highest BCUT2D eigenvalue weighted by atomic mass is 79.9. The second-order valence-corrected chi connectivity index (χ2v) is 3.57. The zero-order chi connectivity index (χ0) is 9.42. The Morgan fingerprint density at radius 1 is 1.27 bits per heavy atom. The molecule has 15 heavy (non-hydrogen) atoms. The van der Waals surface area contributed by atoms with Gasteiger partial charge in [-0.15, -0.1) is 28.6 Å². The first-order valence-electron chi connectivity index (χ1n) is 4.15. The van der Waals surface area contributed by atoms with E-state index < -0.39 is 0 Å². The molecule has 3 nitrogen and oxygen atoms in total. The van der Waals surface area contributed by atoms with Crippen molar-refractivity contribution in [2.24, 2.45) is 0 Å². The number of ether oxygens (including phenoxy) is 2. The summed E-state index contributed by atoms with van der Waals surface area (Å²) in [6.07, 6.45) is 0.928. The van der Waals surface area contributed by atoms with Gasteiger partial charge < -0.3 is 15.6 Å². The number of hydrogen-bond donors (Lipinski definition) is 1. The Labute approximate surface area is 105 Å². The molecule has 1 aliphatic carbocycles. The van der Waals surface area contributed by atoms with Crippen LogP contribution in [0, 0.1) is 0 Å². The van der Waals surface area contributed by atoms with Crippen LogP contribution >= 0.6 is 28.6 Å². The van der Waals surface area contributed by atoms with Crippen molar-refractivity contribution in [2.45, 2.75) is 11.8 Å². The van der Waals surface area contributed by atoms with Crippen LogP contribution < -0.4 is 15.6 Å². The molecule has 2 rings (SSSR count). The van der Waals surface area contributed by atoms with Crippen molar-refractivity contribution >= 4 is 28.6 Å². The Morgan fingerprint density at radius 3 is 2.40 bits per heavy atom. The SMILES string of the molecule is Br.COc1ccc2c(c1OC)C(Cl)C2.N. The van der Waals surface area contributed by atoms with Gasteiger partial charge in [0.2, 0.25) is 0 Å². The third kappa shape index (κ3) is 2.22. The van der Waals surface area contributed by atoms with Gasteiger partial charge in [-0.2, -0.15) is 0 Å². The molecule has 0 amide bonds. The number of rotatable bonds is 2. The quantitative estimate of drug-likeness (QED) is 0.852. The van der Waals surface area contributed by atoms with E-state index >= 15 is 0 Å². The number of halogens is 2. The maximum Gasteiger partial charge on any atom is 0.165 e. The molecule has 86 valence electrons. The van der Waals surface area contributed by atoms with Crippen LogP contribution in [0.4, 0.5) is 0 Å². The average molecular weight is 297 g/mol.